The SMILES string of the molecule is COc1cc2c(cc1OC)-c1cc(C(=O)NC(CO)Cc3c[nH]c4ccccc34)c(O[C@H](C)C#N)cc1CC2. The van der Waals surface area contributed by atoms with E-state index in [0.717, 1.165) is 51.6 Å². The van der Waals surface area contributed by atoms with Crippen LogP contribution in [0.3, 0.4) is 0 Å². The molecule has 1 unspecified atom stereocenters. The van der Waals surface area contributed by atoms with Crippen molar-refractivity contribution in [2.45, 2.75) is 38.3 Å². The summed E-state index contributed by atoms with van der Waals surface area (Å²) in [6.07, 6.45) is 3.15. The minimum atomic E-state index is -0.741. The number of nitrogens with zero attached hydrogens (tertiary/aromatic N) is 1. The summed E-state index contributed by atoms with van der Waals surface area (Å²) in [5, 5.41) is 23.6. The summed E-state index contributed by atoms with van der Waals surface area (Å²) in [6, 6.07) is 17.0. The van der Waals surface area contributed by atoms with Crippen LogP contribution >= 0.6 is 0 Å². The number of fused-ring (bicyclic) bond motifs is 4. The van der Waals surface area contributed by atoms with Crippen LogP contribution in [0.4, 0.5) is 0 Å². The van der Waals surface area contributed by atoms with Crippen LogP contribution < -0.4 is 19.5 Å². The lowest BCUT2D eigenvalue weighted by Gasteiger charge is -2.25. The Morgan fingerprint density at radius 3 is 2.41 bits per heavy atom. The van der Waals surface area contributed by atoms with Gasteiger partial charge in [-0.3, -0.25) is 4.79 Å². The number of aliphatic hydroxyl groups excluding tert-OH is 1. The lowest BCUT2D eigenvalue weighted by atomic mass is 9.84. The first-order valence-electron chi connectivity index (χ1n) is 12.9. The molecule has 8 heteroatoms. The summed E-state index contributed by atoms with van der Waals surface area (Å²) in [7, 11) is 3.20. The van der Waals surface area contributed by atoms with Crippen LogP contribution in [0.1, 0.15) is 34.0 Å². The molecule has 4 aromatic rings. The highest BCUT2D eigenvalue weighted by atomic mass is 16.5. The molecule has 1 aromatic heterocycles. The maximum absolute atomic E-state index is 13.7. The third kappa shape index (κ3) is 5.14. The number of hydrogen-bond acceptors (Lipinski definition) is 6. The van der Waals surface area contributed by atoms with Crippen molar-refractivity contribution < 1.29 is 24.1 Å². The number of aryl methyl sites for hydroxylation is 2. The van der Waals surface area contributed by atoms with Gasteiger partial charge in [-0.05, 0) is 84.3 Å². The normalized spacial score (nSPS) is 13.5. The van der Waals surface area contributed by atoms with Crippen molar-refractivity contribution in [1.82, 2.24) is 10.3 Å². The van der Waals surface area contributed by atoms with Crippen molar-refractivity contribution in [3.8, 4) is 34.4 Å². The van der Waals surface area contributed by atoms with Crippen LogP contribution in [0.25, 0.3) is 22.0 Å². The molecule has 0 saturated heterocycles. The van der Waals surface area contributed by atoms with Crippen molar-refractivity contribution in [3.05, 3.63) is 77.0 Å². The molecule has 5 rings (SSSR count). The van der Waals surface area contributed by atoms with Gasteiger partial charge in [-0.15, -0.1) is 0 Å². The molecule has 1 aliphatic rings. The highest BCUT2D eigenvalue weighted by molar-refractivity contribution is 5.99. The van der Waals surface area contributed by atoms with E-state index in [1.165, 1.54) is 0 Å². The highest BCUT2D eigenvalue weighted by Crippen LogP contribution is 2.42. The first kappa shape index (κ1) is 26.1. The number of nitrogens with one attached hydrogen (secondary N) is 2. The van der Waals surface area contributed by atoms with Crippen LogP contribution in [0, 0.1) is 11.3 Å². The smallest absolute Gasteiger partial charge is 0.255 e. The molecular weight excluding hydrogens is 494 g/mol. The number of rotatable bonds is 9. The van der Waals surface area contributed by atoms with E-state index in [0.29, 0.717) is 29.2 Å². The van der Waals surface area contributed by atoms with Crippen LogP contribution in [0.5, 0.6) is 17.2 Å². The number of ether oxygens (including phenoxy) is 3. The molecule has 0 aliphatic heterocycles. The summed E-state index contributed by atoms with van der Waals surface area (Å²) in [5.41, 5.74) is 6.27. The first-order chi connectivity index (χ1) is 18.9. The van der Waals surface area contributed by atoms with Gasteiger partial charge in [0.05, 0.1) is 32.4 Å². The Hall–Kier alpha value is -4.48. The van der Waals surface area contributed by atoms with E-state index in [2.05, 4.69) is 16.4 Å². The summed E-state index contributed by atoms with van der Waals surface area (Å²) in [6.45, 7) is 1.40. The molecule has 3 N–H and O–H groups in total. The van der Waals surface area contributed by atoms with E-state index in [1.807, 2.05) is 54.7 Å². The molecule has 0 spiro atoms. The highest BCUT2D eigenvalue weighted by Gasteiger charge is 2.26. The van der Waals surface area contributed by atoms with Gasteiger partial charge in [-0.25, -0.2) is 0 Å². The number of aromatic nitrogens is 1. The van der Waals surface area contributed by atoms with E-state index in [9.17, 15) is 15.2 Å². The number of carbonyl (C=O) groups excluding carboxylic acids is 1. The zero-order chi connectivity index (χ0) is 27.5. The number of methoxy groups -OCH3 is 2. The molecule has 0 radical (unpaired) electrons. The largest absolute Gasteiger partial charge is 0.493 e. The van der Waals surface area contributed by atoms with E-state index < -0.39 is 12.1 Å². The molecule has 1 amide bonds. The zero-order valence-corrected chi connectivity index (χ0v) is 22.2. The molecule has 3 aromatic carbocycles. The van der Waals surface area contributed by atoms with Crippen LogP contribution in [-0.4, -0.2) is 49.0 Å². The predicted molar refractivity (Wildman–Crippen MR) is 148 cm³/mol. The van der Waals surface area contributed by atoms with Crippen LogP contribution in [-0.2, 0) is 19.3 Å². The van der Waals surface area contributed by atoms with Crippen molar-refractivity contribution in [2.75, 3.05) is 20.8 Å². The van der Waals surface area contributed by atoms with Crippen LogP contribution in [0.2, 0.25) is 0 Å². The molecule has 0 fully saturated rings. The van der Waals surface area contributed by atoms with E-state index >= 15 is 0 Å². The van der Waals surface area contributed by atoms with Crippen molar-refractivity contribution in [3.63, 3.8) is 0 Å². The Kier molecular flexibility index (Phi) is 7.44. The van der Waals surface area contributed by atoms with Gasteiger partial charge < -0.3 is 29.6 Å². The standard InChI is InChI=1S/C31H31N3O5/c1-18(15-32)39-28-11-19-8-9-20-12-29(37-2)30(38-3)14-25(20)24(19)13-26(28)31(36)34-22(17-35)10-21-16-33-27-7-5-4-6-23(21)27/h4-7,11-14,16,18,22,33,35H,8-10,17H2,1-3H3,(H,34,36)/t18-,22?/m1/s1. The lowest BCUT2D eigenvalue weighted by Crippen LogP contribution is -2.39. The fourth-order valence-electron chi connectivity index (χ4n) is 5.21. The fourth-order valence-corrected chi connectivity index (χ4v) is 5.21. The number of nitriles is 1. The minimum absolute atomic E-state index is 0.235. The minimum Gasteiger partial charge on any atom is -0.493 e. The number of para-hydroxylation sites is 1. The van der Waals surface area contributed by atoms with Crippen molar-refractivity contribution in [2.24, 2.45) is 0 Å². The van der Waals surface area contributed by atoms with E-state index in [-0.39, 0.29) is 12.5 Å². The Morgan fingerprint density at radius 2 is 1.72 bits per heavy atom. The van der Waals surface area contributed by atoms with Crippen LogP contribution in [0.15, 0.2) is 54.7 Å². The Balaban J connectivity index is 1.51. The van der Waals surface area contributed by atoms with Gasteiger partial charge in [0.25, 0.3) is 5.91 Å². The first-order valence-corrected chi connectivity index (χ1v) is 12.9. The van der Waals surface area contributed by atoms with Crippen molar-refractivity contribution >= 4 is 16.8 Å². The number of H-pyrrole nitrogens is 1. The van der Waals surface area contributed by atoms with E-state index in [1.54, 1.807) is 21.1 Å². The molecule has 1 heterocycles. The maximum atomic E-state index is 13.7. The van der Waals surface area contributed by atoms with Gasteiger partial charge in [-0.2, -0.15) is 5.26 Å². The topological polar surface area (TPSA) is 117 Å². The monoisotopic (exact) mass is 525 g/mol. The summed E-state index contributed by atoms with van der Waals surface area (Å²) in [5.74, 6) is 1.22. The number of amides is 1. The molecule has 0 bridgehead atoms. The average Bonchev–Trinajstić information content (AvgIpc) is 3.37. The molecule has 0 saturated carbocycles. The molecular formula is C31H31N3O5. The van der Waals surface area contributed by atoms with Gasteiger partial charge in [0.1, 0.15) is 11.8 Å². The summed E-state index contributed by atoms with van der Waals surface area (Å²) < 4.78 is 16.9. The Morgan fingerprint density at radius 1 is 1.05 bits per heavy atom. The molecule has 39 heavy (non-hydrogen) atoms. The number of carbonyl (C=O) groups is 1. The summed E-state index contributed by atoms with van der Waals surface area (Å²) >= 11 is 0. The second-order valence-electron chi connectivity index (χ2n) is 9.68. The predicted octanol–water partition coefficient (Wildman–Crippen LogP) is 4.57. The molecule has 2 atom stereocenters. The number of hydrogen-bond donors (Lipinski definition) is 3. The summed E-state index contributed by atoms with van der Waals surface area (Å²) in [4.78, 5) is 16.9. The third-order valence-corrected chi connectivity index (χ3v) is 7.20. The quantitative estimate of drug-likeness (QED) is 0.295. The zero-order valence-electron chi connectivity index (χ0n) is 22.2. The Labute approximate surface area is 227 Å². The third-order valence-electron chi connectivity index (χ3n) is 7.20. The van der Waals surface area contributed by atoms with Gasteiger partial charge in [-0.1, -0.05) is 18.2 Å². The second-order valence-corrected chi connectivity index (χ2v) is 9.68. The number of aliphatic hydroxyl groups is 1. The van der Waals surface area contributed by atoms with E-state index in [4.69, 9.17) is 14.2 Å². The molecule has 200 valence electrons. The Bertz CT molecular complexity index is 1570. The van der Waals surface area contributed by atoms with Gasteiger partial charge >= 0.3 is 0 Å². The average molecular weight is 526 g/mol. The van der Waals surface area contributed by atoms with Gasteiger partial charge in [0, 0.05) is 17.1 Å². The van der Waals surface area contributed by atoms with Gasteiger partial charge in [0.15, 0.2) is 17.6 Å². The molecule has 1 aliphatic carbocycles. The number of benzene rings is 3. The van der Waals surface area contributed by atoms with Gasteiger partial charge in [0.2, 0.25) is 0 Å². The second kappa shape index (κ2) is 11.1. The fraction of sp³-hybridized carbons (Fsp3) is 0.290. The maximum Gasteiger partial charge on any atom is 0.255 e. The molecule has 8 nitrogen and oxygen atoms in total. The lowest BCUT2D eigenvalue weighted by molar-refractivity contribution is 0.0911. The van der Waals surface area contributed by atoms with Crippen molar-refractivity contribution in [1.29, 1.82) is 5.26 Å². The number of aromatic amines is 1.